The molecule has 12 heavy (non-hydrogen) atoms. The molecule has 0 aromatic heterocycles. The van der Waals surface area contributed by atoms with Crippen LogP contribution >= 0.6 is 24.0 Å². The minimum atomic E-state index is -3.88. The molecule has 0 amide bonds. The van der Waals surface area contributed by atoms with E-state index in [2.05, 4.69) is 0 Å². The third-order valence-electron chi connectivity index (χ3n) is 1.19. The van der Waals surface area contributed by atoms with Crippen LogP contribution in [0.25, 0.3) is 0 Å². The lowest BCUT2D eigenvalue weighted by molar-refractivity contribution is 0.482. The van der Waals surface area contributed by atoms with Crippen molar-refractivity contribution in [3.05, 3.63) is 35.9 Å². The highest BCUT2D eigenvalue weighted by molar-refractivity contribution is 14.0. The predicted octanol–water partition coefficient (Wildman–Crippen LogP) is 1.69. The van der Waals surface area contributed by atoms with E-state index in [9.17, 15) is 8.42 Å². The number of hydrogen-bond donors (Lipinski definition) is 1. The minimum absolute atomic E-state index is 0. The van der Waals surface area contributed by atoms with Crippen LogP contribution in [-0.4, -0.2) is 13.0 Å². The maximum absolute atomic E-state index is 10.4. The summed E-state index contributed by atoms with van der Waals surface area (Å²) < 4.78 is 29.2. The maximum atomic E-state index is 10.4. The highest BCUT2D eigenvalue weighted by atomic mass is 127. The van der Waals surface area contributed by atoms with Crippen LogP contribution in [0.3, 0.4) is 0 Å². The summed E-state index contributed by atoms with van der Waals surface area (Å²) in [5.41, 5.74) is 0.593. The predicted molar refractivity (Wildman–Crippen MR) is 57.1 cm³/mol. The Kier molecular flexibility index (Phi) is 4.73. The summed E-state index contributed by atoms with van der Waals surface area (Å²) in [6, 6.07) is 8.52. The fourth-order valence-electron chi connectivity index (χ4n) is 0.785. The first-order chi connectivity index (χ1) is 5.08. The summed E-state index contributed by atoms with van der Waals surface area (Å²) in [6.45, 7) is 0. The molecule has 0 saturated heterocycles. The summed E-state index contributed by atoms with van der Waals surface area (Å²) in [4.78, 5) is 0. The molecule has 0 fully saturated rings. The molecule has 1 aromatic carbocycles. The summed E-state index contributed by atoms with van der Waals surface area (Å²) in [6.07, 6.45) is 0. The standard InChI is InChI=1S/C7H8O3S.HI/c8-11(9,10)6-7-4-2-1-3-5-7;/h1-5H,6H2,(H,8,9,10);1H. The Morgan fingerprint density at radius 3 is 2.08 bits per heavy atom. The van der Waals surface area contributed by atoms with E-state index in [1.165, 1.54) is 0 Å². The van der Waals surface area contributed by atoms with Crippen LogP contribution in [0.5, 0.6) is 0 Å². The molecule has 0 radical (unpaired) electrons. The Bertz CT molecular complexity index is 320. The highest BCUT2D eigenvalue weighted by Crippen LogP contribution is 2.02. The summed E-state index contributed by atoms with van der Waals surface area (Å²) in [5.74, 6) is -0.312. The van der Waals surface area contributed by atoms with E-state index in [4.69, 9.17) is 4.55 Å². The van der Waals surface area contributed by atoms with Crippen LogP contribution < -0.4 is 0 Å². The molecule has 0 saturated carbocycles. The van der Waals surface area contributed by atoms with Gasteiger partial charge in [0.1, 0.15) is 5.75 Å². The zero-order valence-electron chi connectivity index (χ0n) is 6.17. The third-order valence-corrected chi connectivity index (χ3v) is 1.89. The number of halogens is 1. The normalized spacial score (nSPS) is 10.4. The molecule has 0 atom stereocenters. The van der Waals surface area contributed by atoms with Gasteiger partial charge in [-0.2, -0.15) is 8.42 Å². The molecule has 68 valence electrons. The lowest BCUT2D eigenvalue weighted by Crippen LogP contribution is -2.00. The molecule has 1 aromatic rings. The van der Waals surface area contributed by atoms with Gasteiger partial charge in [0.15, 0.2) is 0 Å². The van der Waals surface area contributed by atoms with Crippen LogP contribution in [0.4, 0.5) is 0 Å². The average molecular weight is 300 g/mol. The van der Waals surface area contributed by atoms with Crippen molar-refractivity contribution < 1.29 is 13.0 Å². The highest BCUT2D eigenvalue weighted by Gasteiger charge is 2.04. The van der Waals surface area contributed by atoms with E-state index < -0.39 is 10.1 Å². The van der Waals surface area contributed by atoms with Gasteiger partial charge in [-0.15, -0.1) is 24.0 Å². The minimum Gasteiger partial charge on any atom is -0.285 e. The molecule has 1 N–H and O–H groups in total. The Morgan fingerprint density at radius 1 is 1.17 bits per heavy atom. The summed E-state index contributed by atoms with van der Waals surface area (Å²) >= 11 is 0. The Morgan fingerprint density at radius 2 is 1.67 bits per heavy atom. The van der Waals surface area contributed by atoms with E-state index in [0.29, 0.717) is 5.56 Å². The number of hydrogen-bond acceptors (Lipinski definition) is 2. The fraction of sp³-hybridized carbons (Fsp3) is 0.143. The average Bonchev–Trinajstić information content (AvgIpc) is 1.85. The zero-order chi connectivity index (χ0) is 8.32. The Balaban J connectivity index is 0.00000121. The van der Waals surface area contributed by atoms with Gasteiger partial charge < -0.3 is 0 Å². The van der Waals surface area contributed by atoms with Crippen LogP contribution in [0.1, 0.15) is 5.56 Å². The van der Waals surface area contributed by atoms with Crippen LogP contribution in [-0.2, 0) is 15.9 Å². The van der Waals surface area contributed by atoms with Gasteiger partial charge in [-0.05, 0) is 5.56 Å². The third kappa shape index (κ3) is 4.68. The second-order valence-corrected chi connectivity index (χ2v) is 3.66. The van der Waals surface area contributed by atoms with E-state index >= 15 is 0 Å². The van der Waals surface area contributed by atoms with E-state index in [-0.39, 0.29) is 29.7 Å². The van der Waals surface area contributed by atoms with E-state index in [1.807, 2.05) is 0 Å². The van der Waals surface area contributed by atoms with Crippen molar-refractivity contribution in [1.29, 1.82) is 0 Å². The van der Waals surface area contributed by atoms with Crippen molar-refractivity contribution in [1.82, 2.24) is 0 Å². The van der Waals surface area contributed by atoms with Gasteiger partial charge in [0, 0.05) is 0 Å². The second kappa shape index (κ2) is 4.78. The fourth-order valence-corrected chi connectivity index (χ4v) is 1.40. The Hall–Kier alpha value is -0.140. The van der Waals surface area contributed by atoms with Gasteiger partial charge in [0.05, 0.1) is 0 Å². The molecule has 0 aliphatic rings. The summed E-state index contributed by atoms with van der Waals surface area (Å²) in [7, 11) is -3.88. The molecule has 0 spiro atoms. The van der Waals surface area contributed by atoms with Crippen molar-refractivity contribution >= 4 is 34.1 Å². The first kappa shape index (κ1) is 11.9. The maximum Gasteiger partial charge on any atom is 0.269 e. The lowest BCUT2D eigenvalue weighted by Gasteiger charge is -1.95. The van der Waals surface area contributed by atoms with Crippen molar-refractivity contribution in [2.75, 3.05) is 0 Å². The zero-order valence-corrected chi connectivity index (χ0v) is 9.32. The number of benzene rings is 1. The van der Waals surface area contributed by atoms with Gasteiger partial charge in [-0.3, -0.25) is 4.55 Å². The van der Waals surface area contributed by atoms with E-state index in [1.54, 1.807) is 30.3 Å². The van der Waals surface area contributed by atoms with Gasteiger partial charge in [0.2, 0.25) is 0 Å². The number of rotatable bonds is 2. The SMILES string of the molecule is I.O=S(=O)(O)Cc1ccccc1. The van der Waals surface area contributed by atoms with Gasteiger partial charge in [-0.25, -0.2) is 0 Å². The molecule has 0 bridgehead atoms. The molecule has 0 aliphatic carbocycles. The molecule has 0 heterocycles. The molecule has 3 nitrogen and oxygen atoms in total. The van der Waals surface area contributed by atoms with Gasteiger partial charge >= 0.3 is 0 Å². The molecule has 0 aliphatic heterocycles. The van der Waals surface area contributed by atoms with Crippen molar-refractivity contribution in [2.45, 2.75) is 5.75 Å². The first-order valence-electron chi connectivity index (χ1n) is 3.07. The largest absolute Gasteiger partial charge is 0.285 e. The van der Waals surface area contributed by atoms with Crippen molar-refractivity contribution in [3.8, 4) is 0 Å². The summed E-state index contributed by atoms with van der Waals surface area (Å²) in [5, 5.41) is 0. The molecule has 5 heteroatoms. The van der Waals surface area contributed by atoms with Gasteiger partial charge in [0.25, 0.3) is 10.1 Å². The van der Waals surface area contributed by atoms with Crippen molar-refractivity contribution in [3.63, 3.8) is 0 Å². The first-order valence-corrected chi connectivity index (χ1v) is 4.68. The quantitative estimate of drug-likeness (QED) is 0.668. The van der Waals surface area contributed by atoms with Gasteiger partial charge in [-0.1, -0.05) is 30.3 Å². The Labute approximate surface area is 88.6 Å². The topological polar surface area (TPSA) is 54.4 Å². The van der Waals surface area contributed by atoms with Crippen LogP contribution in [0.2, 0.25) is 0 Å². The van der Waals surface area contributed by atoms with E-state index in [0.717, 1.165) is 0 Å². The van der Waals surface area contributed by atoms with Crippen molar-refractivity contribution in [2.24, 2.45) is 0 Å². The monoisotopic (exact) mass is 300 g/mol. The van der Waals surface area contributed by atoms with Crippen LogP contribution in [0.15, 0.2) is 30.3 Å². The lowest BCUT2D eigenvalue weighted by atomic mass is 10.2. The molecular formula is C7H9IO3S. The second-order valence-electron chi connectivity index (χ2n) is 2.21. The smallest absolute Gasteiger partial charge is 0.269 e. The molecular weight excluding hydrogens is 291 g/mol. The molecule has 1 rings (SSSR count). The van der Waals surface area contributed by atoms with Crippen LogP contribution in [0, 0.1) is 0 Å². The molecule has 0 unspecified atom stereocenters.